The van der Waals surface area contributed by atoms with Crippen LogP contribution in [0.3, 0.4) is 0 Å². The van der Waals surface area contributed by atoms with E-state index < -0.39 is 10.1 Å². The van der Waals surface area contributed by atoms with Crippen molar-refractivity contribution in [2.75, 3.05) is 26.7 Å². The number of benzene rings is 1. The first-order valence-electron chi connectivity index (χ1n) is 8.01. The number of rotatable bonds is 7. The number of allylic oxidation sites excluding steroid dienone is 1. The number of aryl methyl sites for hydroxylation is 1. The predicted molar refractivity (Wildman–Crippen MR) is 97.6 cm³/mol. The molecule has 0 bridgehead atoms. The molecular formula is C18H30NO4S+. The van der Waals surface area contributed by atoms with Gasteiger partial charge in [-0.2, -0.15) is 8.42 Å². The van der Waals surface area contributed by atoms with Gasteiger partial charge in [0.25, 0.3) is 10.1 Å². The van der Waals surface area contributed by atoms with E-state index in [0.29, 0.717) is 12.0 Å². The molecule has 0 atom stereocenters. The maximum absolute atomic E-state index is 11.3. The molecule has 0 saturated carbocycles. The zero-order chi connectivity index (χ0) is 19.0. The highest BCUT2D eigenvalue weighted by Crippen LogP contribution is 2.08. The van der Waals surface area contributed by atoms with E-state index >= 15 is 0 Å². The van der Waals surface area contributed by atoms with Crippen LogP contribution in [0.1, 0.15) is 32.8 Å². The van der Waals surface area contributed by atoms with E-state index in [1.54, 1.807) is 19.1 Å². The van der Waals surface area contributed by atoms with Crippen molar-refractivity contribution in [1.29, 1.82) is 0 Å². The van der Waals surface area contributed by atoms with Crippen LogP contribution in [0, 0.1) is 6.92 Å². The summed E-state index contributed by atoms with van der Waals surface area (Å²) >= 11 is 0. The van der Waals surface area contributed by atoms with Gasteiger partial charge < -0.3 is 4.48 Å². The zero-order valence-corrected chi connectivity index (χ0v) is 16.2. The third-order valence-corrected chi connectivity index (χ3v) is 5.07. The van der Waals surface area contributed by atoms with Crippen molar-refractivity contribution in [3.8, 4) is 0 Å². The molecule has 0 spiro atoms. The molecule has 0 aromatic heterocycles. The molecule has 1 aromatic carbocycles. The monoisotopic (exact) mass is 356 g/mol. The van der Waals surface area contributed by atoms with Crippen LogP contribution >= 0.6 is 0 Å². The van der Waals surface area contributed by atoms with Crippen LogP contribution < -0.4 is 0 Å². The highest BCUT2D eigenvalue weighted by Gasteiger charge is 2.17. The van der Waals surface area contributed by atoms with Gasteiger partial charge in [-0.25, -0.2) is 0 Å². The Morgan fingerprint density at radius 1 is 1.17 bits per heavy atom. The fourth-order valence-electron chi connectivity index (χ4n) is 1.83. The molecule has 0 aliphatic rings. The van der Waals surface area contributed by atoms with Gasteiger partial charge in [-0.15, -0.1) is 0 Å². The molecule has 0 fully saturated rings. The molecule has 1 rings (SSSR count). The minimum atomic E-state index is -4.02. The number of hydrogen-bond acceptors (Lipinski definition) is 3. The van der Waals surface area contributed by atoms with E-state index in [2.05, 4.69) is 27.5 Å². The van der Waals surface area contributed by atoms with Gasteiger partial charge >= 0.3 is 0 Å². The third kappa shape index (κ3) is 8.38. The van der Waals surface area contributed by atoms with Crippen molar-refractivity contribution in [1.82, 2.24) is 0 Å². The molecule has 0 heterocycles. The second-order valence-electron chi connectivity index (χ2n) is 6.22. The van der Waals surface area contributed by atoms with E-state index in [1.807, 2.05) is 6.92 Å². The lowest BCUT2D eigenvalue weighted by Crippen LogP contribution is -2.44. The molecule has 1 N–H and O–H groups in total. The van der Waals surface area contributed by atoms with Gasteiger partial charge in [0.15, 0.2) is 5.78 Å². The summed E-state index contributed by atoms with van der Waals surface area (Å²) in [6, 6.07) is 5.99. The number of Topliss-reactive ketones (excluding diaryl/α,β-unsaturated/α-hetero) is 1. The van der Waals surface area contributed by atoms with Crippen LogP contribution in [0.25, 0.3) is 0 Å². The quantitative estimate of drug-likeness (QED) is 0.462. The Labute approximate surface area is 146 Å². The maximum atomic E-state index is 11.3. The molecular weight excluding hydrogens is 326 g/mol. The Kier molecular flexibility index (Phi) is 9.11. The SMILES string of the molecule is C=C(C)C(=O)CC[N+](C)(CC)CC.Cc1ccc(S(=O)(=O)O)cc1. The van der Waals surface area contributed by atoms with Gasteiger partial charge in [0.1, 0.15) is 0 Å². The van der Waals surface area contributed by atoms with Gasteiger partial charge in [0.2, 0.25) is 0 Å². The first kappa shape index (κ1) is 22.5. The minimum Gasteiger partial charge on any atom is -0.326 e. The largest absolute Gasteiger partial charge is 0.326 e. The molecule has 136 valence electrons. The number of quaternary nitrogens is 1. The number of ketones is 1. The standard InChI is InChI=1S/C11H22NO.C7H8O3S/c1-6-12(5,7-2)9-8-11(13)10(3)4;1-6-2-4-7(5-3-6)11(8,9)10/h3,6-9H2,1-2,4-5H3;2-5H,1H3,(H,8,9,10)/q+1;. The maximum Gasteiger partial charge on any atom is 0.294 e. The normalized spacial score (nSPS) is 11.4. The smallest absolute Gasteiger partial charge is 0.294 e. The van der Waals surface area contributed by atoms with Crippen molar-refractivity contribution >= 4 is 15.9 Å². The van der Waals surface area contributed by atoms with Crippen LogP contribution in [0.15, 0.2) is 41.3 Å². The molecule has 0 amide bonds. The topological polar surface area (TPSA) is 71.4 Å². The lowest BCUT2D eigenvalue weighted by atomic mass is 10.1. The van der Waals surface area contributed by atoms with E-state index in [9.17, 15) is 13.2 Å². The van der Waals surface area contributed by atoms with Crippen molar-refractivity contribution in [2.45, 2.75) is 39.0 Å². The van der Waals surface area contributed by atoms with Crippen LogP contribution in [-0.2, 0) is 14.9 Å². The molecule has 0 aliphatic carbocycles. The zero-order valence-electron chi connectivity index (χ0n) is 15.4. The fourth-order valence-corrected chi connectivity index (χ4v) is 2.31. The lowest BCUT2D eigenvalue weighted by molar-refractivity contribution is -0.905. The second-order valence-corrected chi connectivity index (χ2v) is 7.64. The molecule has 1 aromatic rings. The molecule has 0 aliphatic heterocycles. The van der Waals surface area contributed by atoms with Gasteiger partial charge in [-0.1, -0.05) is 24.3 Å². The lowest BCUT2D eigenvalue weighted by Gasteiger charge is -2.31. The highest BCUT2D eigenvalue weighted by atomic mass is 32.2. The van der Waals surface area contributed by atoms with Crippen LogP contribution in [0.2, 0.25) is 0 Å². The number of carbonyl (C=O) groups is 1. The molecule has 0 radical (unpaired) electrons. The van der Waals surface area contributed by atoms with Crippen LogP contribution in [0.4, 0.5) is 0 Å². The van der Waals surface area contributed by atoms with Gasteiger partial charge in [0, 0.05) is 0 Å². The van der Waals surface area contributed by atoms with E-state index in [-0.39, 0.29) is 10.7 Å². The summed E-state index contributed by atoms with van der Waals surface area (Å²) in [4.78, 5) is 11.2. The summed E-state index contributed by atoms with van der Waals surface area (Å²) in [7, 11) is -1.83. The molecule has 24 heavy (non-hydrogen) atoms. The number of nitrogens with zero attached hydrogens (tertiary/aromatic N) is 1. The van der Waals surface area contributed by atoms with Crippen molar-refractivity contribution in [2.24, 2.45) is 0 Å². The summed E-state index contributed by atoms with van der Waals surface area (Å²) in [5, 5.41) is 0. The van der Waals surface area contributed by atoms with E-state index in [4.69, 9.17) is 4.55 Å². The highest BCUT2D eigenvalue weighted by molar-refractivity contribution is 7.85. The van der Waals surface area contributed by atoms with Crippen molar-refractivity contribution in [3.05, 3.63) is 42.0 Å². The summed E-state index contributed by atoms with van der Waals surface area (Å²) in [5.74, 6) is 0.200. The van der Waals surface area contributed by atoms with Crippen molar-refractivity contribution in [3.63, 3.8) is 0 Å². The number of hydrogen-bond donors (Lipinski definition) is 1. The first-order chi connectivity index (χ1) is 10.9. The number of carbonyl (C=O) groups excluding carboxylic acids is 1. The second kappa shape index (κ2) is 9.71. The van der Waals surface area contributed by atoms with Gasteiger partial charge in [0.05, 0.1) is 38.0 Å². The summed E-state index contributed by atoms with van der Waals surface area (Å²) < 4.78 is 30.5. The third-order valence-electron chi connectivity index (χ3n) is 4.20. The van der Waals surface area contributed by atoms with Crippen molar-refractivity contribution < 1.29 is 22.2 Å². The summed E-state index contributed by atoms with van der Waals surface area (Å²) in [5.41, 5.74) is 1.64. The van der Waals surface area contributed by atoms with E-state index in [0.717, 1.165) is 29.7 Å². The first-order valence-corrected chi connectivity index (χ1v) is 9.45. The Hall–Kier alpha value is -1.50. The molecule has 0 unspecified atom stereocenters. The minimum absolute atomic E-state index is 0.0666. The van der Waals surface area contributed by atoms with Crippen LogP contribution in [-0.4, -0.2) is 49.9 Å². The molecule has 6 heteroatoms. The summed E-state index contributed by atoms with van der Waals surface area (Å²) in [6.07, 6.45) is 0.632. The average Bonchev–Trinajstić information content (AvgIpc) is 2.52. The Bertz CT molecular complexity index is 644. The Morgan fingerprint density at radius 3 is 1.96 bits per heavy atom. The van der Waals surface area contributed by atoms with Gasteiger partial charge in [-0.05, 0) is 45.4 Å². The van der Waals surface area contributed by atoms with E-state index in [1.165, 1.54) is 12.1 Å². The van der Waals surface area contributed by atoms with Gasteiger partial charge in [-0.3, -0.25) is 9.35 Å². The molecule has 0 saturated heterocycles. The summed E-state index contributed by atoms with van der Waals surface area (Å²) in [6.45, 7) is 14.7. The average molecular weight is 357 g/mol. The fraction of sp³-hybridized carbons (Fsp3) is 0.500. The predicted octanol–water partition coefficient (Wildman–Crippen LogP) is 3.25. The Morgan fingerprint density at radius 2 is 1.62 bits per heavy atom. The molecule has 5 nitrogen and oxygen atoms in total. The Balaban J connectivity index is 0.000000446. The van der Waals surface area contributed by atoms with Crippen LogP contribution in [0.5, 0.6) is 0 Å².